The zero-order valence-corrected chi connectivity index (χ0v) is 24.6. The maximum Gasteiger partial charge on any atom is 0.323 e. The van der Waals surface area contributed by atoms with Crippen molar-refractivity contribution < 1.29 is 27.4 Å². The van der Waals surface area contributed by atoms with E-state index in [9.17, 15) is 13.9 Å². The van der Waals surface area contributed by atoms with Gasteiger partial charge in [-0.3, -0.25) is 4.98 Å². The summed E-state index contributed by atoms with van der Waals surface area (Å²) in [6, 6.07) is 29.6. The number of hydrogen-bond acceptors (Lipinski definition) is 6. The second-order valence-electron chi connectivity index (χ2n) is 10.6. The van der Waals surface area contributed by atoms with Crippen molar-refractivity contribution in [2.24, 2.45) is 0 Å². The van der Waals surface area contributed by atoms with Crippen LogP contribution in [0, 0.1) is 23.5 Å². The van der Waals surface area contributed by atoms with Gasteiger partial charge in [-0.25, -0.2) is 13.5 Å². The van der Waals surface area contributed by atoms with E-state index in [-0.39, 0.29) is 0 Å². The molecule has 4 aromatic carbocycles. The third-order valence-electron chi connectivity index (χ3n) is 7.44. The fraction of sp³-hybridized carbons (Fsp3) is 0.111. The second-order valence-corrected chi connectivity index (χ2v) is 10.6. The molecule has 2 heterocycles. The van der Waals surface area contributed by atoms with Gasteiger partial charge in [0.05, 0.1) is 6.54 Å². The van der Waals surface area contributed by atoms with E-state index in [2.05, 4.69) is 32.4 Å². The van der Waals surface area contributed by atoms with Gasteiger partial charge in [0.15, 0.2) is 5.60 Å². The normalized spacial score (nSPS) is 12.5. The Morgan fingerprint density at radius 3 is 2.15 bits per heavy atom. The van der Waals surface area contributed by atoms with Crippen LogP contribution in [0.15, 0.2) is 122 Å². The smallest absolute Gasteiger partial charge is 0.323 e. The Morgan fingerprint density at radius 1 is 0.787 bits per heavy atom. The summed E-state index contributed by atoms with van der Waals surface area (Å²) in [5.41, 5.74) is -0.766. The Labute approximate surface area is 267 Å². The summed E-state index contributed by atoms with van der Waals surface area (Å²) in [7, 11) is 0. The molecule has 0 saturated heterocycles. The standard InChI is InChI=1S/C36H25F4N5O2/c37-30-15-18-32(33(38)20-30)35(46,23-45-24-42-43-44-45)36(39,40)34-19-12-26(21-41-34)9-6-25-7-10-27(11-8-25)22-47-31-16-13-29(14-17-31)28-4-2-1-3-5-28/h1-5,7-8,10-21,24,46H,22-23H2. The van der Waals surface area contributed by atoms with E-state index in [0.717, 1.165) is 57.8 Å². The average molecular weight is 636 g/mol. The minimum Gasteiger partial charge on any atom is -0.489 e. The summed E-state index contributed by atoms with van der Waals surface area (Å²) in [5.74, 6) is 0.0622. The maximum absolute atomic E-state index is 15.9. The predicted molar refractivity (Wildman–Crippen MR) is 165 cm³/mol. The van der Waals surface area contributed by atoms with E-state index in [4.69, 9.17) is 4.74 Å². The first-order valence-electron chi connectivity index (χ1n) is 14.3. The minimum atomic E-state index is -4.16. The monoisotopic (exact) mass is 635 g/mol. The zero-order valence-electron chi connectivity index (χ0n) is 24.6. The SMILES string of the molecule is OC(Cn1cnnn1)(c1ccc(F)cc1F)C(F)(F)c1ccc(C#Cc2ccc(COc3ccc(-c4ccccc4)cc3)cc2)cn1. The molecule has 234 valence electrons. The van der Waals surface area contributed by atoms with Crippen LogP contribution in [0.25, 0.3) is 11.1 Å². The number of halogens is 4. The first-order chi connectivity index (χ1) is 22.7. The van der Waals surface area contributed by atoms with Crippen LogP contribution in [-0.2, 0) is 24.7 Å². The Balaban J connectivity index is 1.13. The maximum atomic E-state index is 15.9. The summed E-state index contributed by atoms with van der Waals surface area (Å²) in [4.78, 5) is 3.83. The molecule has 0 radical (unpaired) electrons. The van der Waals surface area contributed by atoms with Gasteiger partial charge in [-0.2, -0.15) is 8.78 Å². The molecule has 0 saturated carbocycles. The first kappa shape index (κ1) is 31.1. The highest BCUT2D eigenvalue weighted by Gasteiger charge is 2.58. The van der Waals surface area contributed by atoms with Gasteiger partial charge in [-0.05, 0) is 75.6 Å². The lowest BCUT2D eigenvalue weighted by molar-refractivity contribution is -0.207. The topological polar surface area (TPSA) is 86.0 Å². The second kappa shape index (κ2) is 13.2. The molecule has 0 aliphatic rings. The van der Waals surface area contributed by atoms with Crippen molar-refractivity contribution in [1.29, 1.82) is 0 Å². The fourth-order valence-corrected chi connectivity index (χ4v) is 4.90. The lowest BCUT2D eigenvalue weighted by Crippen LogP contribution is -2.48. The van der Waals surface area contributed by atoms with Crippen molar-refractivity contribution in [3.05, 3.63) is 161 Å². The highest BCUT2D eigenvalue weighted by Crippen LogP contribution is 2.46. The molecule has 11 heteroatoms. The van der Waals surface area contributed by atoms with Crippen LogP contribution in [0.5, 0.6) is 5.75 Å². The lowest BCUT2D eigenvalue weighted by atomic mass is 9.84. The van der Waals surface area contributed by atoms with Crippen LogP contribution < -0.4 is 4.74 Å². The number of aliphatic hydroxyl groups is 1. The molecule has 47 heavy (non-hydrogen) atoms. The molecule has 0 aliphatic heterocycles. The van der Waals surface area contributed by atoms with Crippen molar-refractivity contribution in [1.82, 2.24) is 25.2 Å². The Kier molecular flexibility index (Phi) is 8.77. The Hall–Kier alpha value is -5.86. The molecular formula is C36H25F4N5O2. The largest absolute Gasteiger partial charge is 0.489 e. The minimum absolute atomic E-state index is 0.327. The molecule has 1 unspecified atom stereocenters. The van der Waals surface area contributed by atoms with Gasteiger partial charge in [0.25, 0.3) is 0 Å². The van der Waals surface area contributed by atoms with Crippen LogP contribution >= 0.6 is 0 Å². The van der Waals surface area contributed by atoms with E-state index in [1.807, 2.05) is 78.9 Å². The molecule has 2 aromatic heterocycles. The number of nitrogens with zero attached hydrogens (tertiary/aromatic N) is 5. The number of alkyl halides is 2. The summed E-state index contributed by atoms with van der Waals surface area (Å²) in [6.07, 6.45) is 2.11. The molecular weight excluding hydrogens is 610 g/mol. The highest BCUT2D eigenvalue weighted by atomic mass is 19.3. The molecule has 7 nitrogen and oxygen atoms in total. The Bertz CT molecular complexity index is 2010. The summed E-state index contributed by atoms with van der Waals surface area (Å²) < 4.78 is 66.9. The van der Waals surface area contributed by atoms with Gasteiger partial charge in [0.2, 0.25) is 0 Å². The van der Waals surface area contributed by atoms with Crippen molar-refractivity contribution in [3.8, 4) is 28.7 Å². The average Bonchev–Trinajstić information content (AvgIpc) is 3.60. The van der Waals surface area contributed by atoms with Gasteiger partial charge in [-0.1, -0.05) is 66.4 Å². The molecule has 0 fully saturated rings. The number of ether oxygens (including phenoxy) is 1. The van der Waals surface area contributed by atoms with Crippen LogP contribution in [0.3, 0.4) is 0 Å². The van der Waals surface area contributed by atoms with Gasteiger partial charge >= 0.3 is 5.92 Å². The number of hydrogen-bond donors (Lipinski definition) is 1. The van der Waals surface area contributed by atoms with Crippen molar-refractivity contribution >= 4 is 0 Å². The molecule has 0 aliphatic carbocycles. The van der Waals surface area contributed by atoms with E-state index in [1.54, 1.807) is 0 Å². The van der Waals surface area contributed by atoms with Crippen LogP contribution in [0.2, 0.25) is 0 Å². The van der Waals surface area contributed by atoms with Gasteiger partial charge in [0, 0.05) is 29.0 Å². The lowest BCUT2D eigenvalue weighted by Gasteiger charge is -2.35. The van der Waals surface area contributed by atoms with Gasteiger partial charge in [0.1, 0.15) is 36.0 Å². The number of tetrazole rings is 1. The van der Waals surface area contributed by atoms with E-state index < -0.39 is 41.0 Å². The summed E-state index contributed by atoms with van der Waals surface area (Å²) >= 11 is 0. The van der Waals surface area contributed by atoms with E-state index in [1.165, 1.54) is 6.07 Å². The van der Waals surface area contributed by atoms with Crippen molar-refractivity contribution in [2.75, 3.05) is 0 Å². The quantitative estimate of drug-likeness (QED) is 0.141. The predicted octanol–water partition coefficient (Wildman–Crippen LogP) is 6.67. The number of pyridine rings is 1. The summed E-state index contributed by atoms with van der Waals surface area (Å²) in [6.45, 7) is -0.583. The number of benzene rings is 4. The molecule has 1 N–H and O–H groups in total. The number of rotatable bonds is 9. The van der Waals surface area contributed by atoms with Crippen LogP contribution in [0.1, 0.15) is 27.9 Å². The third kappa shape index (κ3) is 6.88. The molecule has 0 amide bonds. The number of aromatic nitrogens is 5. The highest BCUT2D eigenvalue weighted by molar-refractivity contribution is 5.63. The molecule has 0 spiro atoms. The third-order valence-corrected chi connectivity index (χ3v) is 7.44. The fourth-order valence-electron chi connectivity index (χ4n) is 4.90. The first-order valence-corrected chi connectivity index (χ1v) is 14.3. The molecule has 0 bridgehead atoms. The summed E-state index contributed by atoms with van der Waals surface area (Å²) in [5, 5.41) is 21.6. The van der Waals surface area contributed by atoms with Crippen LogP contribution in [-0.4, -0.2) is 30.3 Å². The zero-order chi connectivity index (χ0) is 32.9. The van der Waals surface area contributed by atoms with Gasteiger partial charge in [-0.15, -0.1) is 5.10 Å². The van der Waals surface area contributed by atoms with E-state index >= 15 is 8.78 Å². The Morgan fingerprint density at radius 2 is 1.49 bits per heavy atom. The van der Waals surface area contributed by atoms with Gasteiger partial charge < -0.3 is 9.84 Å². The van der Waals surface area contributed by atoms with Crippen molar-refractivity contribution in [2.45, 2.75) is 24.7 Å². The van der Waals surface area contributed by atoms with Crippen molar-refractivity contribution in [3.63, 3.8) is 0 Å². The molecule has 1 atom stereocenters. The van der Waals surface area contributed by atoms with Crippen LogP contribution in [0.4, 0.5) is 17.6 Å². The van der Waals surface area contributed by atoms with E-state index in [0.29, 0.717) is 23.8 Å². The molecule has 6 rings (SSSR count). The molecule has 6 aromatic rings.